The normalized spacial score (nSPS) is 16.7. The molecule has 3 aromatic rings. The second-order valence-corrected chi connectivity index (χ2v) is 5.54. The van der Waals surface area contributed by atoms with Gasteiger partial charge in [0.25, 0.3) is 0 Å². The fourth-order valence-electron chi connectivity index (χ4n) is 2.68. The molecule has 0 radical (unpaired) electrons. The van der Waals surface area contributed by atoms with Crippen LogP contribution in [0.15, 0.2) is 43.0 Å². The van der Waals surface area contributed by atoms with Gasteiger partial charge in [-0.3, -0.25) is 0 Å². The number of hydrogen-bond acceptors (Lipinski definition) is 4. The molecule has 4 nitrogen and oxygen atoms in total. The number of rotatable bonds is 2. The van der Waals surface area contributed by atoms with Crippen LogP contribution >= 0.6 is 15.9 Å². The molecule has 0 aliphatic heterocycles. The summed E-state index contributed by atoms with van der Waals surface area (Å²) in [6, 6.07) is 3.77. The van der Waals surface area contributed by atoms with Gasteiger partial charge in [0.1, 0.15) is 16.7 Å². The van der Waals surface area contributed by atoms with Gasteiger partial charge in [0.05, 0.1) is 17.0 Å². The SMILES string of the molecule is O=C=NC1(c2c3ccoc3c(Br)c3ccoc23)CC1. The Morgan fingerprint density at radius 2 is 1.84 bits per heavy atom. The predicted molar refractivity (Wildman–Crippen MR) is 72.7 cm³/mol. The van der Waals surface area contributed by atoms with Gasteiger partial charge in [-0.25, -0.2) is 4.79 Å². The Bertz CT molecular complexity index is 798. The Labute approximate surface area is 116 Å². The summed E-state index contributed by atoms with van der Waals surface area (Å²) in [5.41, 5.74) is 1.97. The number of isocyanates is 1. The summed E-state index contributed by atoms with van der Waals surface area (Å²) in [5, 5.41) is 1.87. The Morgan fingerprint density at radius 3 is 2.53 bits per heavy atom. The van der Waals surface area contributed by atoms with Crippen LogP contribution in [0.25, 0.3) is 21.9 Å². The van der Waals surface area contributed by atoms with Gasteiger partial charge in [-0.05, 0) is 40.9 Å². The van der Waals surface area contributed by atoms with E-state index >= 15 is 0 Å². The molecule has 0 N–H and O–H groups in total. The summed E-state index contributed by atoms with van der Waals surface area (Å²) in [5.74, 6) is 0. The fourth-order valence-corrected chi connectivity index (χ4v) is 3.30. The zero-order valence-electron chi connectivity index (χ0n) is 9.77. The number of hydrogen-bond donors (Lipinski definition) is 0. The van der Waals surface area contributed by atoms with Gasteiger partial charge in [-0.1, -0.05) is 0 Å². The number of nitrogens with zero attached hydrogens (tertiary/aromatic N) is 1. The first kappa shape index (κ1) is 11.0. The summed E-state index contributed by atoms with van der Waals surface area (Å²) in [6.07, 6.45) is 6.63. The standard InChI is InChI=1S/C14H8BrNO3/c15-11-9-2-6-18-12(9)10(8-1-5-19-13(8)11)14(3-4-14)16-7-17/h1-2,5-6H,3-4H2. The van der Waals surface area contributed by atoms with Crippen molar-refractivity contribution in [3.05, 3.63) is 34.7 Å². The molecule has 0 atom stereocenters. The monoisotopic (exact) mass is 317 g/mol. The molecule has 1 fully saturated rings. The summed E-state index contributed by atoms with van der Waals surface area (Å²) in [6.45, 7) is 0. The Kier molecular flexibility index (Phi) is 2.08. The van der Waals surface area contributed by atoms with E-state index in [4.69, 9.17) is 8.83 Å². The van der Waals surface area contributed by atoms with Crippen LogP contribution in [-0.2, 0) is 10.3 Å². The van der Waals surface area contributed by atoms with Crippen molar-refractivity contribution >= 4 is 43.9 Å². The van der Waals surface area contributed by atoms with Crippen molar-refractivity contribution in [1.29, 1.82) is 0 Å². The quantitative estimate of drug-likeness (QED) is 0.524. The van der Waals surface area contributed by atoms with Gasteiger partial charge < -0.3 is 8.83 Å². The molecule has 0 unspecified atom stereocenters. The van der Waals surface area contributed by atoms with Gasteiger partial charge in [0.15, 0.2) is 0 Å². The van der Waals surface area contributed by atoms with Crippen LogP contribution in [0.4, 0.5) is 0 Å². The molecular weight excluding hydrogens is 310 g/mol. The molecule has 1 saturated carbocycles. The fraction of sp³-hybridized carbons (Fsp3) is 0.214. The average Bonchev–Trinajstić information content (AvgIpc) is 2.85. The molecule has 1 aliphatic rings. The van der Waals surface area contributed by atoms with Crippen LogP contribution in [-0.4, -0.2) is 6.08 Å². The molecule has 0 spiro atoms. The topological polar surface area (TPSA) is 55.7 Å². The van der Waals surface area contributed by atoms with Crippen molar-refractivity contribution in [2.45, 2.75) is 18.4 Å². The lowest BCUT2D eigenvalue weighted by Crippen LogP contribution is -2.03. The lowest BCUT2D eigenvalue weighted by molar-refractivity contribution is 0.555. The van der Waals surface area contributed by atoms with Gasteiger partial charge in [0.2, 0.25) is 6.08 Å². The average molecular weight is 318 g/mol. The van der Waals surface area contributed by atoms with Crippen LogP contribution in [0.3, 0.4) is 0 Å². The lowest BCUT2D eigenvalue weighted by Gasteiger charge is -2.11. The molecule has 1 aromatic carbocycles. The van der Waals surface area contributed by atoms with E-state index in [0.717, 1.165) is 44.8 Å². The molecule has 19 heavy (non-hydrogen) atoms. The van der Waals surface area contributed by atoms with E-state index in [2.05, 4.69) is 20.9 Å². The minimum atomic E-state index is -0.485. The molecule has 94 valence electrons. The van der Waals surface area contributed by atoms with Crippen LogP contribution in [0.1, 0.15) is 18.4 Å². The van der Waals surface area contributed by atoms with Crippen molar-refractivity contribution in [3.63, 3.8) is 0 Å². The Morgan fingerprint density at radius 1 is 1.16 bits per heavy atom. The van der Waals surface area contributed by atoms with E-state index in [0.29, 0.717) is 0 Å². The molecule has 2 heterocycles. The predicted octanol–water partition coefficient (Wildman–Crippen LogP) is 4.27. The first-order chi connectivity index (χ1) is 9.27. The van der Waals surface area contributed by atoms with E-state index in [1.165, 1.54) is 0 Å². The molecule has 2 aromatic heterocycles. The van der Waals surface area contributed by atoms with Crippen LogP contribution in [0.2, 0.25) is 0 Å². The maximum absolute atomic E-state index is 10.7. The van der Waals surface area contributed by atoms with Gasteiger partial charge >= 0.3 is 0 Å². The van der Waals surface area contributed by atoms with E-state index < -0.39 is 5.54 Å². The molecule has 0 saturated heterocycles. The maximum Gasteiger partial charge on any atom is 0.235 e. The van der Waals surface area contributed by atoms with Crippen LogP contribution in [0, 0.1) is 0 Å². The highest BCUT2D eigenvalue weighted by molar-refractivity contribution is 9.10. The van der Waals surface area contributed by atoms with E-state index in [9.17, 15) is 4.79 Å². The van der Waals surface area contributed by atoms with Crippen molar-refractivity contribution in [1.82, 2.24) is 0 Å². The van der Waals surface area contributed by atoms with Crippen LogP contribution in [0.5, 0.6) is 0 Å². The number of aliphatic imine (C=N–C) groups is 1. The minimum absolute atomic E-state index is 0.485. The number of fused-ring (bicyclic) bond motifs is 2. The third-order valence-corrected chi connectivity index (χ3v) is 4.50. The Hall–Kier alpha value is -1.84. The van der Waals surface area contributed by atoms with Crippen molar-refractivity contribution in [2.75, 3.05) is 0 Å². The highest BCUT2D eigenvalue weighted by Crippen LogP contribution is 2.55. The minimum Gasteiger partial charge on any atom is -0.464 e. The maximum atomic E-state index is 10.7. The summed E-state index contributed by atoms with van der Waals surface area (Å²) >= 11 is 3.54. The second kappa shape index (κ2) is 3.59. The highest BCUT2D eigenvalue weighted by atomic mass is 79.9. The molecule has 5 heteroatoms. The smallest absolute Gasteiger partial charge is 0.235 e. The summed E-state index contributed by atoms with van der Waals surface area (Å²) in [7, 11) is 0. The third kappa shape index (κ3) is 1.34. The van der Waals surface area contributed by atoms with Crippen LogP contribution < -0.4 is 0 Å². The summed E-state index contributed by atoms with van der Waals surface area (Å²) in [4.78, 5) is 14.7. The molecule has 0 bridgehead atoms. The number of furan rings is 2. The number of halogens is 1. The van der Waals surface area contributed by atoms with E-state index in [-0.39, 0.29) is 0 Å². The Balaban J connectivity index is 2.23. The van der Waals surface area contributed by atoms with Gasteiger partial charge in [0, 0.05) is 16.3 Å². The summed E-state index contributed by atoms with van der Waals surface area (Å²) < 4.78 is 12.0. The highest BCUT2D eigenvalue weighted by Gasteiger charge is 2.48. The zero-order chi connectivity index (χ0) is 13.0. The van der Waals surface area contributed by atoms with Crippen molar-refractivity contribution < 1.29 is 13.6 Å². The van der Waals surface area contributed by atoms with Crippen molar-refractivity contribution in [2.24, 2.45) is 4.99 Å². The number of benzene rings is 1. The van der Waals surface area contributed by atoms with Gasteiger partial charge in [-0.15, -0.1) is 0 Å². The largest absolute Gasteiger partial charge is 0.464 e. The van der Waals surface area contributed by atoms with E-state index in [1.54, 1.807) is 18.6 Å². The number of carbonyl (C=O) groups excluding carboxylic acids is 1. The van der Waals surface area contributed by atoms with Gasteiger partial charge in [-0.2, -0.15) is 4.99 Å². The van der Waals surface area contributed by atoms with Crippen molar-refractivity contribution in [3.8, 4) is 0 Å². The third-order valence-electron chi connectivity index (χ3n) is 3.71. The lowest BCUT2D eigenvalue weighted by atomic mass is 9.98. The van der Waals surface area contributed by atoms with E-state index in [1.807, 2.05) is 12.1 Å². The molecular formula is C14H8BrNO3. The zero-order valence-corrected chi connectivity index (χ0v) is 11.4. The first-order valence-corrected chi connectivity index (χ1v) is 6.71. The molecule has 0 amide bonds. The molecule has 1 aliphatic carbocycles. The molecule has 4 rings (SSSR count). The first-order valence-electron chi connectivity index (χ1n) is 5.92. The second-order valence-electron chi connectivity index (χ2n) is 4.75.